The number of halogens is 1. The third kappa shape index (κ3) is 4.85. The van der Waals surface area contributed by atoms with Gasteiger partial charge in [0.25, 0.3) is 5.91 Å². The van der Waals surface area contributed by atoms with Crippen LogP contribution >= 0.6 is 15.9 Å². The minimum atomic E-state index is -1.09. The number of carbonyl (C=O) groups is 2. The molecule has 0 fully saturated rings. The van der Waals surface area contributed by atoms with Crippen molar-refractivity contribution in [1.29, 1.82) is 0 Å². The molecule has 1 rings (SSSR count). The van der Waals surface area contributed by atoms with E-state index in [-0.39, 0.29) is 29.9 Å². The van der Waals surface area contributed by atoms with E-state index in [9.17, 15) is 9.59 Å². The van der Waals surface area contributed by atoms with Crippen LogP contribution in [-0.2, 0) is 4.79 Å². The molecule has 20 heavy (non-hydrogen) atoms. The van der Waals surface area contributed by atoms with E-state index in [1.54, 1.807) is 6.07 Å². The molecule has 6 heteroatoms. The molecule has 0 spiro atoms. The van der Waals surface area contributed by atoms with Crippen LogP contribution < -0.4 is 10.1 Å². The molecule has 0 aliphatic rings. The summed E-state index contributed by atoms with van der Waals surface area (Å²) in [5.41, 5.74) is 0.0310. The molecule has 0 aliphatic carbocycles. The van der Waals surface area contributed by atoms with E-state index in [1.165, 1.54) is 12.1 Å². The van der Waals surface area contributed by atoms with Crippen LogP contribution in [0.1, 0.15) is 37.0 Å². The highest BCUT2D eigenvalue weighted by Gasteiger charge is 2.14. The molecule has 1 aromatic carbocycles. The van der Waals surface area contributed by atoms with Crippen molar-refractivity contribution in [2.45, 2.75) is 32.7 Å². The van der Waals surface area contributed by atoms with Crippen LogP contribution in [0.2, 0.25) is 0 Å². The Kier molecular flexibility index (Phi) is 6.51. The average molecular weight is 344 g/mol. The number of carboxylic acids is 1. The summed E-state index contributed by atoms with van der Waals surface area (Å²) in [7, 11) is 0. The van der Waals surface area contributed by atoms with Crippen LogP contribution in [0.5, 0.6) is 5.75 Å². The molecule has 0 aliphatic heterocycles. The van der Waals surface area contributed by atoms with E-state index in [4.69, 9.17) is 9.84 Å². The summed E-state index contributed by atoms with van der Waals surface area (Å²) < 4.78 is 6.00. The lowest BCUT2D eigenvalue weighted by Gasteiger charge is -2.15. The first-order valence-electron chi connectivity index (χ1n) is 6.42. The molecule has 1 aromatic rings. The molecule has 0 saturated heterocycles. The number of rotatable bonds is 7. The van der Waals surface area contributed by atoms with E-state index in [1.807, 2.05) is 13.8 Å². The van der Waals surface area contributed by atoms with Crippen LogP contribution in [0.4, 0.5) is 0 Å². The second-order valence-electron chi connectivity index (χ2n) is 4.32. The number of hydrogen-bond acceptors (Lipinski definition) is 3. The van der Waals surface area contributed by atoms with Crippen molar-refractivity contribution in [1.82, 2.24) is 5.32 Å². The summed E-state index contributed by atoms with van der Waals surface area (Å²) >= 11 is 3.24. The first-order valence-corrected chi connectivity index (χ1v) is 7.22. The van der Waals surface area contributed by atoms with Crippen molar-refractivity contribution >= 4 is 27.8 Å². The standard InChI is InChI=1S/C14H18BrNO4/c1-3-10(4-2)16-13(17)8-20-12-7-9(15)5-6-11(12)14(18)19/h5-7,10H,3-4,8H2,1-2H3,(H,16,17)(H,18,19). The number of carbonyl (C=O) groups excluding carboxylic acids is 1. The fourth-order valence-corrected chi connectivity index (χ4v) is 2.04. The van der Waals surface area contributed by atoms with Gasteiger partial charge in [0.05, 0.1) is 0 Å². The van der Waals surface area contributed by atoms with Gasteiger partial charge in [0.2, 0.25) is 0 Å². The average Bonchev–Trinajstić information content (AvgIpc) is 2.42. The van der Waals surface area contributed by atoms with Crippen LogP contribution in [0.25, 0.3) is 0 Å². The Morgan fingerprint density at radius 2 is 2.00 bits per heavy atom. The predicted octanol–water partition coefficient (Wildman–Crippen LogP) is 2.83. The lowest BCUT2D eigenvalue weighted by Crippen LogP contribution is -2.37. The van der Waals surface area contributed by atoms with Gasteiger partial charge in [-0.05, 0) is 31.0 Å². The van der Waals surface area contributed by atoms with Crippen molar-refractivity contribution in [3.63, 3.8) is 0 Å². The van der Waals surface area contributed by atoms with Crippen LogP contribution in [0.3, 0.4) is 0 Å². The van der Waals surface area contributed by atoms with E-state index >= 15 is 0 Å². The maximum Gasteiger partial charge on any atom is 0.339 e. The Morgan fingerprint density at radius 3 is 2.55 bits per heavy atom. The quantitative estimate of drug-likeness (QED) is 0.798. The highest BCUT2D eigenvalue weighted by atomic mass is 79.9. The van der Waals surface area contributed by atoms with Crippen molar-refractivity contribution in [3.8, 4) is 5.75 Å². The number of ether oxygens (including phenoxy) is 1. The molecule has 0 bridgehead atoms. The molecule has 0 aromatic heterocycles. The molecule has 0 saturated carbocycles. The molecule has 5 nitrogen and oxygen atoms in total. The fourth-order valence-electron chi connectivity index (χ4n) is 1.70. The third-order valence-electron chi connectivity index (χ3n) is 2.88. The number of carboxylic acid groups (broad SMARTS) is 1. The van der Waals surface area contributed by atoms with Gasteiger partial charge in [-0.3, -0.25) is 4.79 Å². The van der Waals surface area contributed by atoms with Crippen LogP contribution in [-0.4, -0.2) is 29.6 Å². The zero-order valence-corrected chi connectivity index (χ0v) is 13.1. The number of hydrogen-bond donors (Lipinski definition) is 2. The summed E-state index contributed by atoms with van der Waals surface area (Å²) in [6, 6.07) is 4.70. The number of aromatic carboxylic acids is 1. The number of amides is 1. The SMILES string of the molecule is CCC(CC)NC(=O)COc1cc(Br)ccc1C(=O)O. The van der Waals surface area contributed by atoms with Crippen molar-refractivity contribution < 1.29 is 19.4 Å². The molecule has 0 heterocycles. The smallest absolute Gasteiger partial charge is 0.339 e. The summed E-state index contributed by atoms with van der Waals surface area (Å²) in [6.07, 6.45) is 1.69. The highest BCUT2D eigenvalue weighted by molar-refractivity contribution is 9.10. The van der Waals surface area contributed by atoms with Gasteiger partial charge in [0.1, 0.15) is 11.3 Å². The predicted molar refractivity (Wildman–Crippen MR) is 79.1 cm³/mol. The Labute approximate surface area is 126 Å². The molecule has 110 valence electrons. The van der Waals surface area contributed by atoms with Crippen LogP contribution in [0, 0.1) is 0 Å². The third-order valence-corrected chi connectivity index (χ3v) is 3.38. The van der Waals surface area contributed by atoms with E-state index in [0.717, 1.165) is 12.8 Å². The molecule has 1 amide bonds. The second-order valence-corrected chi connectivity index (χ2v) is 5.23. The second kappa shape index (κ2) is 7.89. The van der Waals surface area contributed by atoms with Crippen molar-refractivity contribution in [2.75, 3.05) is 6.61 Å². The van der Waals surface area contributed by atoms with Gasteiger partial charge >= 0.3 is 5.97 Å². The maximum absolute atomic E-state index is 11.7. The molecule has 0 atom stereocenters. The number of benzene rings is 1. The van der Waals surface area contributed by atoms with Gasteiger partial charge in [0, 0.05) is 10.5 Å². The van der Waals surface area contributed by atoms with E-state index in [2.05, 4.69) is 21.2 Å². The Morgan fingerprint density at radius 1 is 1.35 bits per heavy atom. The Balaban J connectivity index is 2.67. The summed E-state index contributed by atoms with van der Waals surface area (Å²) in [4.78, 5) is 22.8. The molecular formula is C14H18BrNO4. The Hall–Kier alpha value is -1.56. The lowest BCUT2D eigenvalue weighted by atomic mass is 10.2. The normalized spacial score (nSPS) is 10.4. The lowest BCUT2D eigenvalue weighted by molar-refractivity contribution is -0.123. The largest absolute Gasteiger partial charge is 0.483 e. The van der Waals surface area contributed by atoms with Crippen molar-refractivity contribution in [2.24, 2.45) is 0 Å². The summed E-state index contributed by atoms with van der Waals surface area (Å²) in [6.45, 7) is 3.78. The fraction of sp³-hybridized carbons (Fsp3) is 0.429. The molecule has 0 unspecified atom stereocenters. The van der Waals surface area contributed by atoms with Gasteiger partial charge in [-0.2, -0.15) is 0 Å². The highest BCUT2D eigenvalue weighted by Crippen LogP contribution is 2.23. The minimum Gasteiger partial charge on any atom is -0.483 e. The van der Waals surface area contributed by atoms with E-state index < -0.39 is 5.97 Å². The summed E-state index contributed by atoms with van der Waals surface area (Å²) in [5.74, 6) is -1.17. The van der Waals surface area contributed by atoms with Crippen molar-refractivity contribution in [3.05, 3.63) is 28.2 Å². The zero-order valence-electron chi connectivity index (χ0n) is 11.5. The minimum absolute atomic E-state index is 0.0310. The first-order chi connectivity index (χ1) is 9.47. The van der Waals surface area contributed by atoms with Crippen LogP contribution in [0.15, 0.2) is 22.7 Å². The topological polar surface area (TPSA) is 75.6 Å². The van der Waals surface area contributed by atoms with Gasteiger partial charge in [-0.1, -0.05) is 29.8 Å². The zero-order chi connectivity index (χ0) is 15.1. The monoisotopic (exact) mass is 343 g/mol. The van der Waals surface area contributed by atoms with Gasteiger partial charge in [-0.25, -0.2) is 4.79 Å². The van der Waals surface area contributed by atoms with E-state index in [0.29, 0.717) is 4.47 Å². The van der Waals surface area contributed by atoms with Gasteiger partial charge < -0.3 is 15.2 Å². The molecular weight excluding hydrogens is 326 g/mol. The summed E-state index contributed by atoms with van der Waals surface area (Å²) in [5, 5.41) is 11.9. The maximum atomic E-state index is 11.7. The van der Waals surface area contributed by atoms with Gasteiger partial charge in [0.15, 0.2) is 6.61 Å². The Bertz CT molecular complexity index is 486. The molecule has 0 radical (unpaired) electrons. The van der Waals surface area contributed by atoms with Gasteiger partial charge in [-0.15, -0.1) is 0 Å². The first kappa shape index (κ1) is 16.5. The number of nitrogens with one attached hydrogen (secondary N) is 1. The molecule has 2 N–H and O–H groups in total.